The quantitative estimate of drug-likeness (QED) is 0.792. The fourth-order valence-electron chi connectivity index (χ4n) is 2.49. The van der Waals surface area contributed by atoms with E-state index < -0.39 is 6.04 Å². The van der Waals surface area contributed by atoms with E-state index in [4.69, 9.17) is 21.7 Å². The SMILES string of the molecule is COc1cc2c(cc1C1NC(=S)NC1=O)OC(C)C2. The van der Waals surface area contributed by atoms with Crippen molar-refractivity contribution in [2.24, 2.45) is 0 Å². The number of amides is 1. The molecule has 1 aromatic carbocycles. The van der Waals surface area contributed by atoms with Crippen molar-refractivity contribution in [3.05, 3.63) is 23.3 Å². The summed E-state index contributed by atoms with van der Waals surface area (Å²) in [6.45, 7) is 2.02. The monoisotopic (exact) mass is 278 g/mol. The average Bonchev–Trinajstić information content (AvgIpc) is 2.88. The standard InChI is InChI=1S/C13H14N2O3S/c1-6-3-7-4-10(17-2)8(5-9(7)18-6)11-12(16)15-13(19)14-11/h4-6,11H,3H2,1-2H3,(H2,14,15,16,19). The second kappa shape index (κ2) is 4.38. The van der Waals surface area contributed by atoms with Gasteiger partial charge in [-0.15, -0.1) is 0 Å². The Hall–Kier alpha value is -1.82. The highest BCUT2D eigenvalue weighted by atomic mass is 32.1. The predicted molar refractivity (Wildman–Crippen MR) is 73.4 cm³/mol. The minimum Gasteiger partial charge on any atom is -0.496 e. The molecule has 2 aliphatic rings. The molecule has 0 spiro atoms. The van der Waals surface area contributed by atoms with Crippen LogP contribution in [0, 0.1) is 0 Å². The largest absolute Gasteiger partial charge is 0.496 e. The number of carbonyl (C=O) groups excluding carboxylic acids is 1. The van der Waals surface area contributed by atoms with Crippen LogP contribution in [0.15, 0.2) is 12.1 Å². The van der Waals surface area contributed by atoms with Crippen LogP contribution in [-0.2, 0) is 11.2 Å². The number of thiocarbonyl (C=S) groups is 1. The molecule has 2 unspecified atom stereocenters. The Morgan fingerprint density at radius 1 is 1.47 bits per heavy atom. The van der Waals surface area contributed by atoms with E-state index in [0.717, 1.165) is 23.3 Å². The van der Waals surface area contributed by atoms with E-state index in [2.05, 4.69) is 10.6 Å². The lowest BCUT2D eigenvalue weighted by Crippen LogP contribution is -2.21. The Labute approximate surface area is 116 Å². The van der Waals surface area contributed by atoms with Gasteiger partial charge in [-0.3, -0.25) is 4.79 Å². The van der Waals surface area contributed by atoms with Crippen molar-refractivity contribution in [3.8, 4) is 11.5 Å². The van der Waals surface area contributed by atoms with E-state index in [1.54, 1.807) is 7.11 Å². The van der Waals surface area contributed by atoms with E-state index in [9.17, 15) is 4.79 Å². The van der Waals surface area contributed by atoms with Crippen molar-refractivity contribution in [3.63, 3.8) is 0 Å². The van der Waals surface area contributed by atoms with Crippen LogP contribution < -0.4 is 20.1 Å². The molecule has 0 bridgehead atoms. The second-order valence-corrected chi connectivity index (χ2v) is 5.14. The predicted octanol–water partition coefficient (Wildman–Crippen LogP) is 1.06. The third-order valence-electron chi connectivity index (χ3n) is 3.33. The molecule has 2 heterocycles. The summed E-state index contributed by atoms with van der Waals surface area (Å²) in [4.78, 5) is 11.9. The highest BCUT2D eigenvalue weighted by Gasteiger charge is 2.33. The lowest BCUT2D eigenvalue weighted by Gasteiger charge is -2.14. The molecule has 6 heteroatoms. The molecule has 1 saturated heterocycles. The number of nitrogens with one attached hydrogen (secondary N) is 2. The normalized spacial score (nSPS) is 24.5. The third-order valence-corrected chi connectivity index (χ3v) is 3.55. The van der Waals surface area contributed by atoms with Gasteiger partial charge in [-0.25, -0.2) is 0 Å². The van der Waals surface area contributed by atoms with Crippen molar-refractivity contribution < 1.29 is 14.3 Å². The maximum absolute atomic E-state index is 11.9. The van der Waals surface area contributed by atoms with Gasteiger partial charge in [0.05, 0.1) is 7.11 Å². The summed E-state index contributed by atoms with van der Waals surface area (Å²) in [7, 11) is 1.59. The first-order valence-corrected chi connectivity index (χ1v) is 6.48. The number of fused-ring (bicyclic) bond motifs is 1. The lowest BCUT2D eigenvalue weighted by molar-refractivity contribution is -0.120. The van der Waals surface area contributed by atoms with Crippen molar-refractivity contribution in [2.75, 3.05) is 7.11 Å². The molecule has 1 amide bonds. The molecule has 1 aromatic rings. The highest BCUT2D eigenvalue weighted by Crippen LogP contribution is 2.38. The third kappa shape index (κ3) is 2.02. The van der Waals surface area contributed by atoms with Gasteiger partial charge in [0.2, 0.25) is 0 Å². The first-order chi connectivity index (χ1) is 9.08. The van der Waals surface area contributed by atoms with Crippen LogP contribution >= 0.6 is 12.2 Å². The maximum Gasteiger partial charge on any atom is 0.253 e. The van der Waals surface area contributed by atoms with Crippen LogP contribution in [0.3, 0.4) is 0 Å². The Morgan fingerprint density at radius 2 is 2.26 bits per heavy atom. The van der Waals surface area contributed by atoms with Gasteiger partial charge in [0.25, 0.3) is 5.91 Å². The molecule has 3 rings (SSSR count). The van der Waals surface area contributed by atoms with Crippen LogP contribution in [0.2, 0.25) is 0 Å². The van der Waals surface area contributed by atoms with E-state index in [-0.39, 0.29) is 12.0 Å². The maximum atomic E-state index is 11.9. The van der Waals surface area contributed by atoms with Crippen LogP contribution in [-0.4, -0.2) is 24.2 Å². The Morgan fingerprint density at radius 3 is 2.89 bits per heavy atom. The number of hydrogen-bond donors (Lipinski definition) is 2. The van der Waals surface area contributed by atoms with Gasteiger partial charge in [-0.1, -0.05) is 0 Å². The van der Waals surface area contributed by atoms with Gasteiger partial charge in [0.15, 0.2) is 5.11 Å². The molecule has 1 fully saturated rings. The number of carbonyl (C=O) groups is 1. The van der Waals surface area contributed by atoms with Crippen LogP contribution in [0.5, 0.6) is 11.5 Å². The number of rotatable bonds is 2. The summed E-state index contributed by atoms with van der Waals surface area (Å²) in [6.07, 6.45) is 1.01. The van der Waals surface area contributed by atoms with Crippen molar-refractivity contribution >= 4 is 23.2 Å². The summed E-state index contributed by atoms with van der Waals surface area (Å²) in [5, 5.41) is 5.85. The summed E-state index contributed by atoms with van der Waals surface area (Å²) >= 11 is 4.96. The first-order valence-electron chi connectivity index (χ1n) is 6.07. The van der Waals surface area contributed by atoms with Gasteiger partial charge in [0, 0.05) is 17.5 Å². The van der Waals surface area contributed by atoms with E-state index in [1.807, 2.05) is 19.1 Å². The Balaban J connectivity index is 2.04. The fourth-order valence-corrected chi connectivity index (χ4v) is 2.71. The van der Waals surface area contributed by atoms with Crippen molar-refractivity contribution in [2.45, 2.75) is 25.5 Å². The molecule has 0 saturated carbocycles. The molecule has 5 nitrogen and oxygen atoms in total. The number of hydrogen-bond acceptors (Lipinski definition) is 4. The van der Waals surface area contributed by atoms with Gasteiger partial charge in [-0.2, -0.15) is 0 Å². The zero-order valence-corrected chi connectivity index (χ0v) is 11.5. The van der Waals surface area contributed by atoms with E-state index >= 15 is 0 Å². The molecule has 0 aliphatic carbocycles. The smallest absolute Gasteiger partial charge is 0.253 e. The average molecular weight is 278 g/mol. The van der Waals surface area contributed by atoms with Crippen LogP contribution in [0.4, 0.5) is 0 Å². The fraction of sp³-hybridized carbons (Fsp3) is 0.385. The van der Waals surface area contributed by atoms with Crippen LogP contribution in [0.1, 0.15) is 24.1 Å². The molecule has 2 aliphatic heterocycles. The topological polar surface area (TPSA) is 59.6 Å². The molecular formula is C13H14N2O3S. The van der Waals surface area contributed by atoms with E-state index in [0.29, 0.717) is 10.9 Å². The van der Waals surface area contributed by atoms with Crippen LogP contribution in [0.25, 0.3) is 0 Å². The minimum atomic E-state index is -0.521. The number of benzene rings is 1. The molecule has 0 aromatic heterocycles. The van der Waals surface area contributed by atoms with Gasteiger partial charge in [-0.05, 0) is 31.3 Å². The first kappa shape index (κ1) is 12.2. The van der Waals surface area contributed by atoms with Gasteiger partial charge in [0.1, 0.15) is 23.6 Å². The summed E-state index contributed by atoms with van der Waals surface area (Å²) in [5.41, 5.74) is 1.85. The molecule has 0 radical (unpaired) electrons. The molecule has 2 N–H and O–H groups in total. The lowest BCUT2D eigenvalue weighted by atomic mass is 10.0. The molecule has 19 heavy (non-hydrogen) atoms. The second-order valence-electron chi connectivity index (χ2n) is 4.73. The Bertz CT molecular complexity index is 573. The molecule has 2 atom stereocenters. The highest BCUT2D eigenvalue weighted by molar-refractivity contribution is 7.80. The summed E-state index contributed by atoms with van der Waals surface area (Å²) in [6, 6.07) is 3.28. The van der Waals surface area contributed by atoms with Gasteiger partial charge < -0.3 is 20.1 Å². The summed E-state index contributed by atoms with van der Waals surface area (Å²) in [5.74, 6) is 1.32. The number of methoxy groups -OCH3 is 1. The zero-order chi connectivity index (χ0) is 13.6. The van der Waals surface area contributed by atoms with Gasteiger partial charge >= 0.3 is 0 Å². The Kier molecular flexibility index (Phi) is 2.82. The molecule has 100 valence electrons. The minimum absolute atomic E-state index is 0.154. The van der Waals surface area contributed by atoms with E-state index in [1.165, 1.54) is 0 Å². The zero-order valence-electron chi connectivity index (χ0n) is 10.6. The van der Waals surface area contributed by atoms with Crippen molar-refractivity contribution in [1.29, 1.82) is 0 Å². The molecular weight excluding hydrogens is 264 g/mol. The van der Waals surface area contributed by atoms with Crippen molar-refractivity contribution in [1.82, 2.24) is 10.6 Å². The number of ether oxygens (including phenoxy) is 2. The summed E-state index contributed by atoms with van der Waals surface area (Å²) < 4.78 is 11.1.